The fourth-order valence-electron chi connectivity index (χ4n) is 2.59. The summed E-state index contributed by atoms with van der Waals surface area (Å²) in [5.74, 6) is -1.22. The summed E-state index contributed by atoms with van der Waals surface area (Å²) in [4.78, 5) is 27.5. The van der Waals surface area contributed by atoms with Crippen LogP contribution >= 0.6 is 0 Å². The molecule has 0 saturated heterocycles. The number of amides is 1. The van der Waals surface area contributed by atoms with Crippen molar-refractivity contribution >= 4 is 17.6 Å². The van der Waals surface area contributed by atoms with Crippen LogP contribution in [0.1, 0.15) is 43.1 Å². The monoisotopic (exact) mass is 277 g/mol. The van der Waals surface area contributed by atoms with Crippen molar-refractivity contribution in [2.75, 3.05) is 5.73 Å². The number of carboxylic acid groups (broad SMARTS) is 1. The predicted molar refractivity (Wildman–Crippen MR) is 74.1 cm³/mol. The van der Waals surface area contributed by atoms with Gasteiger partial charge in [0.05, 0.1) is 17.3 Å². The summed E-state index contributed by atoms with van der Waals surface area (Å²) in [7, 11) is 0. The first-order valence-corrected chi connectivity index (χ1v) is 6.69. The maximum Gasteiger partial charge on any atom is 0.311 e. The average Bonchev–Trinajstić information content (AvgIpc) is 2.42. The molecule has 1 aromatic heterocycles. The molecular weight excluding hydrogens is 258 g/mol. The van der Waals surface area contributed by atoms with Crippen LogP contribution < -0.4 is 11.1 Å². The average molecular weight is 277 g/mol. The highest BCUT2D eigenvalue weighted by Crippen LogP contribution is 2.36. The van der Waals surface area contributed by atoms with Gasteiger partial charge in [0.25, 0.3) is 5.91 Å². The van der Waals surface area contributed by atoms with E-state index in [1.54, 1.807) is 13.0 Å². The standard InChI is InChI=1S/C14H19N3O3/c1-14(13(19)20)7-3-2-4-11(14)17-12(18)10-6-5-9(15)8-16-10/h5-6,8,11H,2-4,7,15H2,1H3,(H,17,18)(H,19,20). The molecule has 0 spiro atoms. The second-order valence-corrected chi connectivity index (χ2v) is 5.47. The van der Waals surface area contributed by atoms with E-state index in [2.05, 4.69) is 10.3 Å². The number of hydrogen-bond acceptors (Lipinski definition) is 4. The van der Waals surface area contributed by atoms with E-state index in [1.807, 2.05) is 0 Å². The van der Waals surface area contributed by atoms with Crippen LogP contribution in [0.4, 0.5) is 5.69 Å². The Morgan fingerprint density at radius 2 is 2.20 bits per heavy atom. The molecule has 0 aromatic carbocycles. The van der Waals surface area contributed by atoms with Gasteiger partial charge in [-0.05, 0) is 31.9 Å². The summed E-state index contributed by atoms with van der Waals surface area (Å²) < 4.78 is 0. The number of nitrogens with two attached hydrogens (primary N) is 1. The summed E-state index contributed by atoms with van der Waals surface area (Å²) in [5.41, 5.74) is 5.34. The van der Waals surface area contributed by atoms with Crippen molar-refractivity contribution in [2.24, 2.45) is 5.41 Å². The number of carbonyl (C=O) groups is 2. The predicted octanol–water partition coefficient (Wildman–Crippen LogP) is 1.43. The van der Waals surface area contributed by atoms with Crippen molar-refractivity contribution in [2.45, 2.75) is 38.6 Å². The fraction of sp³-hybridized carbons (Fsp3) is 0.500. The van der Waals surface area contributed by atoms with Gasteiger partial charge >= 0.3 is 5.97 Å². The maximum atomic E-state index is 12.1. The van der Waals surface area contributed by atoms with E-state index in [4.69, 9.17) is 5.73 Å². The van der Waals surface area contributed by atoms with Crippen LogP contribution in [0.25, 0.3) is 0 Å². The van der Waals surface area contributed by atoms with Crippen LogP contribution in [-0.4, -0.2) is 28.0 Å². The quantitative estimate of drug-likeness (QED) is 0.775. The molecule has 1 heterocycles. The van der Waals surface area contributed by atoms with Gasteiger partial charge in [0.1, 0.15) is 5.69 Å². The molecular formula is C14H19N3O3. The minimum absolute atomic E-state index is 0.248. The number of rotatable bonds is 3. The van der Waals surface area contributed by atoms with Crippen molar-refractivity contribution in [3.63, 3.8) is 0 Å². The maximum absolute atomic E-state index is 12.1. The van der Waals surface area contributed by atoms with Crippen molar-refractivity contribution in [1.82, 2.24) is 10.3 Å². The van der Waals surface area contributed by atoms with E-state index >= 15 is 0 Å². The number of pyridine rings is 1. The van der Waals surface area contributed by atoms with Gasteiger partial charge in [0.2, 0.25) is 0 Å². The van der Waals surface area contributed by atoms with E-state index < -0.39 is 11.4 Å². The largest absolute Gasteiger partial charge is 0.481 e. The molecule has 2 unspecified atom stereocenters. The lowest BCUT2D eigenvalue weighted by atomic mass is 9.71. The van der Waals surface area contributed by atoms with Crippen molar-refractivity contribution in [3.8, 4) is 0 Å². The Hall–Kier alpha value is -2.11. The van der Waals surface area contributed by atoms with Crippen molar-refractivity contribution < 1.29 is 14.7 Å². The highest BCUT2D eigenvalue weighted by Gasteiger charge is 2.43. The molecule has 20 heavy (non-hydrogen) atoms. The summed E-state index contributed by atoms with van der Waals surface area (Å²) in [6.07, 6.45) is 4.44. The summed E-state index contributed by atoms with van der Waals surface area (Å²) in [5, 5.41) is 12.2. The van der Waals surface area contributed by atoms with Gasteiger partial charge in [-0.25, -0.2) is 4.98 Å². The first-order chi connectivity index (χ1) is 9.43. The van der Waals surface area contributed by atoms with Gasteiger partial charge in [-0.15, -0.1) is 0 Å². The minimum Gasteiger partial charge on any atom is -0.481 e. The van der Waals surface area contributed by atoms with Crippen LogP contribution in [0.2, 0.25) is 0 Å². The normalized spacial score (nSPS) is 25.9. The molecule has 1 amide bonds. The highest BCUT2D eigenvalue weighted by molar-refractivity contribution is 5.93. The zero-order valence-electron chi connectivity index (χ0n) is 11.4. The number of nitrogen functional groups attached to an aromatic ring is 1. The Bertz CT molecular complexity index is 515. The number of nitrogens with zero attached hydrogens (tertiary/aromatic N) is 1. The van der Waals surface area contributed by atoms with Crippen LogP contribution in [0.15, 0.2) is 18.3 Å². The smallest absolute Gasteiger partial charge is 0.311 e. The van der Waals surface area contributed by atoms with Crippen LogP contribution in [-0.2, 0) is 4.79 Å². The van der Waals surface area contributed by atoms with Gasteiger partial charge in [0, 0.05) is 6.04 Å². The molecule has 1 fully saturated rings. The highest BCUT2D eigenvalue weighted by atomic mass is 16.4. The first kappa shape index (κ1) is 14.3. The summed E-state index contributed by atoms with van der Waals surface area (Å²) >= 11 is 0. The Kier molecular flexibility index (Phi) is 3.92. The zero-order chi connectivity index (χ0) is 14.8. The number of carboxylic acids is 1. The summed E-state index contributed by atoms with van der Waals surface area (Å²) in [6.45, 7) is 1.69. The number of carbonyl (C=O) groups excluding carboxylic acids is 1. The molecule has 6 heteroatoms. The third-order valence-electron chi connectivity index (χ3n) is 4.02. The Balaban J connectivity index is 2.13. The number of anilines is 1. The molecule has 2 rings (SSSR count). The molecule has 1 aromatic rings. The van der Waals surface area contributed by atoms with Gasteiger partial charge in [-0.2, -0.15) is 0 Å². The zero-order valence-corrected chi connectivity index (χ0v) is 11.4. The molecule has 4 N–H and O–H groups in total. The lowest BCUT2D eigenvalue weighted by Crippen LogP contribution is -2.52. The number of hydrogen-bond donors (Lipinski definition) is 3. The molecule has 1 aliphatic rings. The molecule has 1 saturated carbocycles. The molecule has 1 aliphatic carbocycles. The Morgan fingerprint density at radius 3 is 2.80 bits per heavy atom. The van der Waals surface area contributed by atoms with E-state index in [0.717, 1.165) is 12.8 Å². The lowest BCUT2D eigenvalue weighted by Gasteiger charge is -2.38. The van der Waals surface area contributed by atoms with Crippen molar-refractivity contribution in [1.29, 1.82) is 0 Å². The van der Waals surface area contributed by atoms with Crippen molar-refractivity contribution in [3.05, 3.63) is 24.0 Å². The van der Waals surface area contributed by atoms with E-state index in [9.17, 15) is 14.7 Å². The van der Waals surface area contributed by atoms with Crippen LogP contribution in [0, 0.1) is 5.41 Å². The van der Waals surface area contributed by atoms with Gasteiger partial charge in [-0.3, -0.25) is 9.59 Å². The molecule has 6 nitrogen and oxygen atoms in total. The molecule has 0 bridgehead atoms. The molecule has 2 atom stereocenters. The van der Waals surface area contributed by atoms with Gasteiger partial charge in [0.15, 0.2) is 0 Å². The SMILES string of the molecule is CC1(C(=O)O)CCCCC1NC(=O)c1ccc(N)cn1. The van der Waals surface area contributed by atoms with Gasteiger partial charge in [-0.1, -0.05) is 12.8 Å². The van der Waals surface area contributed by atoms with E-state index in [0.29, 0.717) is 18.5 Å². The third kappa shape index (κ3) is 2.74. The fourth-order valence-corrected chi connectivity index (χ4v) is 2.59. The molecule has 108 valence electrons. The lowest BCUT2D eigenvalue weighted by molar-refractivity contribution is -0.151. The topological polar surface area (TPSA) is 105 Å². The van der Waals surface area contributed by atoms with E-state index in [1.165, 1.54) is 12.3 Å². The summed E-state index contributed by atoms with van der Waals surface area (Å²) in [6, 6.07) is 2.76. The van der Waals surface area contributed by atoms with Gasteiger partial charge < -0.3 is 16.2 Å². The Morgan fingerprint density at radius 1 is 1.45 bits per heavy atom. The number of aromatic nitrogens is 1. The van der Waals surface area contributed by atoms with Crippen LogP contribution in [0.3, 0.4) is 0 Å². The van der Waals surface area contributed by atoms with E-state index in [-0.39, 0.29) is 17.6 Å². The minimum atomic E-state index is -0.915. The second kappa shape index (κ2) is 5.48. The first-order valence-electron chi connectivity index (χ1n) is 6.69. The Labute approximate surface area is 117 Å². The number of aliphatic carboxylic acids is 1. The van der Waals surface area contributed by atoms with Crippen LogP contribution in [0.5, 0.6) is 0 Å². The second-order valence-electron chi connectivity index (χ2n) is 5.47. The third-order valence-corrected chi connectivity index (χ3v) is 4.02. The molecule has 0 aliphatic heterocycles. The molecule has 0 radical (unpaired) electrons. The number of nitrogens with one attached hydrogen (secondary N) is 1.